The number of hydrogen-bond donors (Lipinski definition) is 1. The number of ether oxygens (including phenoxy) is 2. The second-order valence-corrected chi connectivity index (χ2v) is 9.15. The van der Waals surface area contributed by atoms with E-state index in [-0.39, 0.29) is 46.3 Å². The number of fused-ring (bicyclic) bond motifs is 1. The predicted molar refractivity (Wildman–Crippen MR) is 117 cm³/mol. The third kappa shape index (κ3) is 6.49. The number of sulfonamides is 1. The fraction of sp³-hybridized carbons (Fsp3) is 0.238. The van der Waals surface area contributed by atoms with Crippen molar-refractivity contribution < 1.29 is 40.3 Å². The lowest BCUT2D eigenvalue weighted by atomic mass is 10.1. The van der Waals surface area contributed by atoms with Crippen molar-refractivity contribution in [1.29, 1.82) is 0 Å². The Bertz CT molecular complexity index is 1390. The van der Waals surface area contributed by atoms with Gasteiger partial charge < -0.3 is 13.9 Å². The molecule has 0 aliphatic carbocycles. The van der Waals surface area contributed by atoms with E-state index in [1.807, 2.05) is 0 Å². The van der Waals surface area contributed by atoms with E-state index >= 15 is 0 Å². The summed E-state index contributed by atoms with van der Waals surface area (Å²) in [4.78, 5) is 23.9. The molecule has 0 aliphatic rings. The number of carbonyl (C=O) groups is 1. The number of carbonyl (C=O) groups excluding carboxylic acids is 1. The summed E-state index contributed by atoms with van der Waals surface area (Å²) in [6.45, 7) is -1.15. The first-order valence-corrected chi connectivity index (χ1v) is 11.8. The normalized spacial score (nSPS) is 12.0. The van der Waals surface area contributed by atoms with Crippen molar-refractivity contribution in [2.75, 3.05) is 26.1 Å². The maximum Gasteiger partial charge on any atom is 0.416 e. The van der Waals surface area contributed by atoms with Crippen LogP contribution in [-0.4, -0.2) is 40.4 Å². The molecule has 0 spiro atoms. The summed E-state index contributed by atoms with van der Waals surface area (Å²) in [5.74, 6) is -1.24. The fourth-order valence-electron chi connectivity index (χ4n) is 2.91. The number of halogens is 4. The van der Waals surface area contributed by atoms with Crippen LogP contribution in [0.5, 0.6) is 5.75 Å². The van der Waals surface area contributed by atoms with Crippen LogP contribution in [0.15, 0.2) is 51.7 Å². The minimum Gasteiger partial charge on any atom is -0.490 e. The lowest BCUT2D eigenvalue weighted by Gasteiger charge is -2.15. The molecule has 8 nitrogen and oxygen atoms in total. The summed E-state index contributed by atoms with van der Waals surface area (Å²) in [7, 11) is -3.75. The quantitative estimate of drug-likeness (QED) is 0.452. The Labute approximate surface area is 196 Å². The Balaban J connectivity index is 1.85. The maximum atomic E-state index is 13.2. The van der Waals surface area contributed by atoms with Gasteiger partial charge in [-0.2, -0.15) is 13.2 Å². The van der Waals surface area contributed by atoms with Gasteiger partial charge in [0.2, 0.25) is 10.0 Å². The zero-order valence-electron chi connectivity index (χ0n) is 17.4. The highest BCUT2D eigenvalue weighted by atomic mass is 35.5. The molecule has 0 radical (unpaired) electrons. The maximum absolute atomic E-state index is 13.2. The molecule has 182 valence electrons. The number of alkyl halides is 3. The number of rotatable bonds is 8. The molecule has 0 saturated carbocycles. The third-order valence-electron chi connectivity index (χ3n) is 4.30. The number of hydrogen-bond acceptors (Lipinski definition) is 7. The first kappa shape index (κ1) is 25.5. The van der Waals surface area contributed by atoms with Gasteiger partial charge in [-0.15, -0.1) is 0 Å². The molecule has 0 fully saturated rings. The predicted octanol–water partition coefficient (Wildman–Crippen LogP) is 3.60. The second kappa shape index (κ2) is 10.0. The van der Waals surface area contributed by atoms with Crippen LogP contribution in [0.1, 0.15) is 5.56 Å². The van der Waals surface area contributed by atoms with E-state index < -0.39 is 39.7 Å². The highest BCUT2D eigenvalue weighted by Gasteiger charge is 2.31. The van der Waals surface area contributed by atoms with Crippen molar-refractivity contribution in [1.82, 2.24) is 4.72 Å². The first-order chi connectivity index (χ1) is 15.8. The third-order valence-corrected chi connectivity index (χ3v) is 5.19. The highest BCUT2D eigenvalue weighted by molar-refractivity contribution is 7.89. The topological polar surface area (TPSA) is 112 Å². The van der Waals surface area contributed by atoms with Crippen LogP contribution in [0.4, 0.5) is 13.2 Å². The standard InChI is InChI=1S/C21H17ClF3NO7S/c1-34(29,30)26-19(28)11-31-7-8-32-17-9-12(21(23,24)25)5-6-14(17)18-10-16(27)13-3-2-4-15(22)20(13)33-18/h2-6,9-10H,7-8,11H2,1H3,(H,26,28). The van der Waals surface area contributed by atoms with Crippen molar-refractivity contribution in [3.05, 3.63) is 63.3 Å². The fourth-order valence-corrected chi connectivity index (χ4v) is 3.59. The second-order valence-electron chi connectivity index (χ2n) is 7.00. The molecule has 0 saturated heterocycles. The summed E-state index contributed by atoms with van der Waals surface area (Å²) in [5.41, 5.74) is -1.33. The van der Waals surface area contributed by atoms with Crippen molar-refractivity contribution in [3.63, 3.8) is 0 Å². The molecule has 3 rings (SSSR count). The largest absolute Gasteiger partial charge is 0.490 e. The van der Waals surface area contributed by atoms with E-state index in [0.717, 1.165) is 30.5 Å². The van der Waals surface area contributed by atoms with Gasteiger partial charge in [0.25, 0.3) is 5.91 Å². The molecule has 1 aromatic heterocycles. The Morgan fingerprint density at radius 3 is 2.56 bits per heavy atom. The number of nitrogens with one attached hydrogen (secondary N) is 1. The van der Waals surface area contributed by atoms with Crippen LogP contribution < -0.4 is 14.9 Å². The van der Waals surface area contributed by atoms with E-state index in [9.17, 15) is 31.2 Å². The molecule has 2 aromatic carbocycles. The van der Waals surface area contributed by atoms with Gasteiger partial charge in [0, 0.05) is 6.07 Å². The number of benzene rings is 2. The average molecular weight is 520 g/mol. The van der Waals surface area contributed by atoms with E-state index in [0.29, 0.717) is 0 Å². The van der Waals surface area contributed by atoms with E-state index in [1.165, 1.54) is 12.1 Å². The Kier molecular flexibility index (Phi) is 7.54. The lowest BCUT2D eigenvalue weighted by Crippen LogP contribution is -2.32. The van der Waals surface area contributed by atoms with Crippen molar-refractivity contribution >= 4 is 38.5 Å². The molecular formula is C21H17ClF3NO7S. The lowest BCUT2D eigenvalue weighted by molar-refractivity contribution is -0.137. The monoisotopic (exact) mass is 519 g/mol. The average Bonchev–Trinajstić information content (AvgIpc) is 2.72. The molecule has 3 aromatic rings. The van der Waals surface area contributed by atoms with Crippen LogP contribution in [0.2, 0.25) is 5.02 Å². The molecule has 1 N–H and O–H groups in total. The Morgan fingerprint density at radius 2 is 1.88 bits per heavy atom. The zero-order valence-corrected chi connectivity index (χ0v) is 19.0. The van der Waals surface area contributed by atoms with E-state index in [2.05, 4.69) is 0 Å². The van der Waals surface area contributed by atoms with E-state index in [1.54, 1.807) is 10.8 Å². The molecule has 1 heterocycles. The van der Waals surface area contributed by atoms with Crippen LogP contribution >= 0.6 is 11.6 Å². The Hall–Kier alpha value is -3.09. The van der Waals surface area contributed by atoms with Crippen LogP contribution in [-0.2, 0) is 25.7 Å². The minimum absolute atomic E-state index is 0.0572. The molecule has 0 bridgehead atoms. The van der Waals surface area contributed by atoms with Crippen molar-refractivity contribution in [2.45, 2.75) is 6.18 Å². The zero-order chi connectivity index (χ0) is 25.1. The number of amides is 1. The Morgan fingerprint density at radius 1 is 1.15 bits per heavy atom. The molecule has 1 amide bonds. The minimum atomic E-state index is -4.66. The van der Waals surface area contributed by atoms with Gasteiger partial charge in [-0.05, 0) is 30.3 Å². The molecule has 0 atom stereocenters. The van der Waals surface area contributed by atoms with Gasteiger partial charge in [-0.1, -0.05) is 17.7 Å². The van der Waals surface area contributed by atoms with Crippen LogP contribution in [0, 0.1) is 0 Å². The smallest absolute Gasteiger partial charge is 0.416 e. The van der Waals surface area contributed by atoms with Crippen LogP contribution in [0.25, 0.3) is 22.3 Å². The summed E-state index contributed by atoms with van der Waals surface area (Å²) < 4.78 is 79.5. The summed E-state index contributed by atoms with van der Waals surface area (Å²) >= 11 is 6.10. The van der Waals surface area contributed by atoms with Gasteiger partial charge in [-0.3, -0.25) is 14.3 Å². The summed E-state index contributed by atoms with van der Waals surface area (Å²) in [6.07, 6.45) is -3.87. The number of para-hydroxylation sites is 1. The van der Waals surface area contributed by atoms with Crippen LogP contribution in [0.3, 0.4) is 0 Å². The first-order valence-electron chi connectivity index (χ1n) is 9.50. The molecular weight excluding hydrogens is 503 g/mol. The molecule has 0 unspecified atom stereocenters. The molecule has 34 heavy (non-hydrogen) atoms. The van der Waals surface area contributed by atoms with Gasteiger partial charge in [0.15, 0.2) is 11.0 Å². The molecule has 0 aliphatic heterocycles. The summed E-state index contributed by atoms with van der Waals surface area (Å²) in [5, 5.41) is 0.345. The summed E-state index contributed by atoms with van der Waals surface area (Å²) in [6, 6.07) is 8.31. The molecule has 13 heteroatoms. The highest BCUT2D eigenvalue weighted by Crippen LogP contribution is 2.38. The van der Waals surface area contributed by atoms with Gasteiger partial charge >= 0.3 is 6.18 Å². The SMILES string of the molecule is CS(=O)(=O)NC(=O)COCCOc1cc(C(F)(F)F)ccc1-c1cc(=O)c2cccc(Cl)c2o1. The van der Waals surface area contributed by atoms with Crippen molar-refractivity contribution in [2.24, 2.45) is 0 Å². The van der Waals surface area contributed by atoms with Gasteiger partial charge in [0.1, 0.15) is 24.7 Å². The van der Waals surface area contributed by atoms with Gasteiger partial charge in [0.05, 0.1) is 34.4 Å². The van der Waals surface area contributed by atoms with Crippen molar-refractivity contribution in [3.8, 4) is 17.1 Å². The van der Waals surface area contributed by atoms with E-state index in [4.69, 9.17) is 25.5 Å². The van der Waals surface area contributed by atoms with Gasteiger partial charge in [-0.25, -0.2) is 8.42 Å².